The predicted molar refractivity (Wildman–Crippen MR) is 74.3 cm³/mol. The number of rotatable bonds is 3. The second kappa shape index (κ2) is 5.40. The smallest absolute Gasteiger partial charge is 0.308 e. The van der Waals surface area contributed by atoms with Crippen molar-refractivity contribution in [2.45, 2.75) is 39.3 Å². The van der Waals surface area contributed by atoms with Crippen molar-refractivity contribution in [1.82, 2.24) is 15.0 Å². The van der Waals surface area contributed by atoms with Crippen LogP contribution >= 0.6 is 0 Å². The van der Waals surface area contributed by atoms with Gasteiger partial charge < -0.3 is 4.74 Å². The van der Waals surface area contributed by atoms with Gasteiger partial charge in [-0.3, -0.25) is 9.59 Å². The number of esters is 1. The van der Waals surface area contributed by atoms with E-state index in [1.54, 1.807) is 45.0 Å². The lowest BCUT2D eigenvalue weighted by atomic mass is 10.2. The first-order valence-corrected chi connectivity index (χ1v) is 6.41. The number of hydrogen-bond donors (Lipinski definition) is 0. The van der Waals surface area contributed by atoms with Gasteiger partial charge in [0.05, 0.1) is 18.4 Å². The third-order valence-electron chi connectivity index (χ3n) is 2.58. The van der Waals surface area contributed by atoms with Gasteiger partial charge in [-0.15, -0.1) is 5.10 Å². The van der Waals surface area contributed by atoms with E-state index in [-0.39, 0.29) is 24.5 Å². The van der Waals surface area contributed by atoms with E-state index < -0.39 is 5.60 Å². The number of carbonyl (C=O) groups is 1. The van der Waals surface area contributed by atoms with E-state index >= 15 is 0 Å². The molecule has 6 nitrogen and oxygen atoms in total. The van der Waals surface area contributed by atoms with Crippen LogP contribution in [0.4, 0.5) is 0 Å². The minimum Gasteiger partial charge on any atom is -0.460 e. The third kappa shape index (κ3) is 3.40. The number of fused-ring (bicyclic) bond motifs is 1. The molecule has 0 aliphatic rings. The number of aromatic nitrogens is 3. The standard InChI is InChI=1S/C14H17N3O3/c1-14(2,3)20-12(18)8-9-17-13(19)10-6-4-5-7-11(10)15-16-17/h4-7H,8-9H2,1-3H3. The maximum Gasteiger partial charge on any atom is 0.308 e. The van der Waals surface area contributed by atoms with Crippen molar-refractivity contribution >= 4 is 16.9 Å². The first kappa shape index (κ1) is 14.2. The van der Waals surface area contributed by atoms with Crippen LogP contribution in [0.25, 0.3) is 10.9 Å². The van der Waals surface area contributed by atoms with Crippen LogP contribution in [0, 0.1) is 0 Å². The molecular formula is C14H17N3O3. The molecule has 1 aromatic carbocycles. The Hall–Kier alpha value is -2.24. The molecule has 1 heterocycles. The van der Waals surface area contributed by atoms with Crippen molar-refractivity contribution in [3.8, 4) is 0 Å². The normalized spacial score (nSPS) is 11.6. The van der Waals surface area contributed by atoms with Crippen molar-refractivity contribution in [3.05, 3.63) is 34.6 Å². The summed E-state index contributed by atoms with van der Waals surface area (Å²) in [5, 5.41) is 8.27. The Kier molecular flexibility index (Phi) is 3.83. The summed E-state index contributed by atoms with van der Waals surface area (Å²) in [4.78, 5) is 23.8. The van der Waals surface area contributed by atoms with Gasteiger partial charge in [0.25, 0.3) is 5.56 Å². The lowest BCUT2D eigenvalue weighted by molar-refractivity contribution is -0.155. The van der Waals surface area contributed by atoms with Crippen molar-refractivity contribution < 1.29 is 9.53 Å². The fourth-order valence-corrected chi connectivity index (χ4v) is 1.76. The highest BCUT2D eigenvalue weighted by molar-refractivity contribution is 5.76. The Labute approximate surface area is 116 Å². The second-order valence-corrected chi connectivity index (χ2v) is 5.47. The minimum absolute atomic E-state index is 0.0875. The van der Waals surface area contributed by atoms with Crippen LogP contribution in [0.1, 0.15) is 27.2 Å². The average Bonchev–Trinajstić information content (AvgIpc) is 2.36. The van der Waals surface area contributed by atoms with Gasteiger partial charge in [-0.25, -0.2) is 4.68 Å². The summed E-state index contributed by atoms with van der Waals surface area (Å²) >= 11 is 0. The summed E-state index contributed by atoms with van der Waals surface area (Å²) in [6.45, 7) is 5.55. The van der Waals surface area contributed by atoms with E-state index in [1.165, 1.54) is 4.68 Å². The lowest BCUT2D eigenvalue weighted by Gasteiger charge is -2.19. The molecular weight excluding hydrogens is 258 g/mol. The molecule has 0 aliphatic heterocycles. The van der Waals surface area contributed by atoms with Gasteiger partial charge in [0.1, 0.15) is 11.1 Å². The zero-order valence-electron chi connectivity index (χ0n) is 11.8. The van der Waals surface area contributed by atoms with Gasteiger partial charge in [-0.05, 0) is 32.9 Å². The van der Waals surface area contributed by atoms with Crippen LogP contribution in [0.5, 0.6) is 0 Å². The van der Waals surface area contributed by atoms with E-state index in [4.69, 9.17) is 4.74 Å². The molecule has 0 radical (unpaired) electrons. The Morgan fingerprint density at radius 1 is 1.30 bits per heavy atom. The van der Waals surface area contributed by atoms with E-state index in [0.717, 1.165) is 0 Å². The summed E-state index contributed by atoms with van der Waals surface area (Å²) in [5.41, 5.74) is -0.234. The van der Waals surface area contributed by atoms with E-state index in [0.29, 0.717) is 10.9 Å². The average molecular weight is 275 g/mol. The summed E-state index contributed by atoms with van der Waals surface area (Å²) in [7, 11) is 0. The number of aryl methyl sites for hydroxylation is 1. The molecule has 20 heavy (non-hydrogen) atoms. The molecule has 0 unspecified atom stereocenters. The van der Waals surface area contributed by atoms with E-state index in [2.05, 4.69) is 10.3 Å². The third-order valence-corrected chi connectivity index (χ3v) is 2.58. The molecule has 2 aromatic rings. The quantitative estimate of drug-likeness (QED) is 0.794. The van der Waals surface area contributed by atoms with Crippen LogP contribution in [-0.4, -0.2) is 26.6 Å². The van der Waals surface area contributed by atoms with Gasteiger partial charge in [-0.2, -0.15) is 0 Å². The highest BCUT2D eigenvalue weighted by Crippen LogP contribution is 2.08. The molecule has 106 valence electrons. The van der Waals surface area contributed by atoms with Crippen molar-refractivity contribution in [2.75, 3.05) is 0 Å². The Morgan fingerprint density at radius 3 is 2.70 bits per heavy atom. The summed E-state index contributed by atoms with van der Waals surface area (Å²) < 4.78 is 6.37. The fraction of sp³-hybridized carbons (Fsp3) is 0.429. The van der Waals surface area contributed by atoms with Crippen LogP contribution in [0.3, 0.4) is 0 Å². The second-order valence-electron chi connectivity index (χ2n) is 5.47. The first-order chi connectivity index (χ1) is 9.37. The van der Waals surface area contributed by atoms with Crippen LogP contribution in [0.15, 0.2) is 29.1 Å². The maximum absolute atomic E-state index is 12.1. The van der Waals surface area contributed by atoms with Gasteiger partial charge in [0, 0.05) is 0 Å². The van der Waals surface area contributed by atoms with E-state index in [9.17, 15) is 9.59 Å². The molecule has 0 N–H and O–H groups in total. The fourth-order valence-electron chi connectivity index (χ4n) is 1.76. The van der Waals surface area contributed by atoms with E-state index in [1.807, 2.05) is 0 Å². The molecule has 0 fully saturated rings. The highest BCUT2D eigenvalue weighted by Gasteiger charge is 2.16. The first-order valence-electron chi connectivity index (χ1n) is 6.41. The van der Waals surface area contributed by atoms with Gasteiger partial charge in [0.15, 0.2) is 0 Å². The molecule has 0 saturated carbocycles. The van der Waals surface area contributed by atoms with Crippen LogP contribution in [0.2, 0.25) is 0 Å². The molecule has 0 saturated heterocycles. The van der Waals surface area contributed by atoms with Gasteiger partial charge >= 0.3 is 5.97 Å². The van der Waals surface area contributed by atoms with Gasteiger partial charge in [-0.1, -0.05) is 17.3 Å². The molecule has 2 rings (SSSR count). The summed E-state index contributed by atoms with van der Waals surface area (Å²) in [6, 6.07) is 6.98. The number of nitrogens with zero attached hydrogens (tertiary/aromatic N) is 3. The molecule has 1 aromatic heterocycles. The van der Waals surface area contributed by atoms with Crippen molar-refractivity contribution in [2.24, 2.45) is 0 Å². The number of ether oxygens (including phenoxy) is 1. The molecule has 0 bridgehead atoms. The maximum atomic E-state index is 12.1. The predicted octanol–water partition coefficient (Wildman–Crippen LogP) is 1.52. The number of carbonyl (C=O) groups excluding carboxylic acids is 1. The minimum atomic E-state index is -0.531. The molecule has 0 spiro atoms. The lowest BCUT2D eigenvalue weighted by Crippen LogP contribution is -2.28. The zero-order valence-corrected chi connectivity index (χ0v) is 11.8. The summed E-state index contributed by atoms with van der Waals surface area (Å²) in [6.07, 6.45) is 0.0875. The topological polar surface area (TPSA) is 74.1 Å². The van der Waals surface area contributed by atoms with Crippen molar-refractivity contribution in [3.63, 3.8) is 0 Å². The monoisotopic (exact) mass is 275 g/mol. The Balaban J connectivity index is 2.13. The molecule has 0 aliphatic carbocycles. The highest BCUT2D eigenvalue weighted by atomic mass is 16.6. The largest absolute Gasteiger partial charge is 0.460 e. The number of hydrogen-bond acceptors (Lipinski definition) is 5. The SMILES string of the molecule is CC(C)(C)OC(=O)CCn1nnc2ccccc2c1=O. The zero-order chi connectivity index (χ0) is 14.8. The van der Waals surface area contributed by atoms with Crippen LogP contribution in [-0.2, 0) is 16.1 Å². The molecule has 6 heteroatoms. The summed E-state index contributed by atoms with van der Waals surface area (Å²) in [5.74, 6) is -0.362. The Morgan fingerprint density at radius 2 is 2.00 bits per heavy atom. The van der Waals surface area contributed by atoms with Gasteiger partial charge in [0.2, 0.25) is 0 Å². The Bertz CT molecular complexity index is 686. The van der Waals surface area contributed by atoms with Crippen molar-refractivity contribution in [1.29, 1.82) is 0 Å². The molecule has 0 amide bonds. The van der Waals surface area contributed by atoms with Crippen LogP contribution < -0.4 is 5.56 Å². The number of benzene rings is 1. The molecule has 0 atom stereocenters.